The zero-order valence-electron chi connectivity index (χ0n) is 12.5. The first-order valence-corrected chi connectivity index (χ1v) is 7.83. The van der Waals surface area contributed by atoms with Crippen molar-refractivity contribution < 1.29 is 9.90 Å². The largest absolute Gasteiger partial charge is 0.507 e. The summed E-state index contributed by atoms with van der Waals surface area (Å²) in [5.41, 5.74) is 2.09. The van der Waals surface area contributed by atoms with Gasteiger partial charge < -0.3 is 10.4 Å². The zero-order chi connectivity index (χ0) is 16.8. The number of benzene rings is 2. The Labute approximate surface area is 143 Å². The highest BCUT2D eigenvalue weighted by Gasteiger charge is 2.11. The van der Waals surface area contributed by atoms with Gasteiger partial charge in [0.1, 0.15) is 17.4 Å². The van der Waals surface area contributed by atoms with Gasteiger partial charge in [0.15, 0.2) is 0 Å². The average Bonchev–Trinajstić information content (AvgIpc) is 2.56. The van der Waals surface area contributed by atoms with E-state index in [1.165, 1.54) is 12.1 Å². The molecule has 0 radical (unpaired) electrons. The molecule has 0 saturated carbocycles. The van der Waals surface area contributed by atoms with Crippen LogP contribution in [-0.2, 0) is 11.2 Å². The fraction of sp³-hybridized carbons (Fsp3) is 0.111. The maximum Gasteiger partial charge on any atom is 0.266 e. The molecule has 0 spiro atoms. The van der Waals surface area contributed by atoms with Crippen molar-refractivity contribution in [2.45, 2.75) is 13.3 Å². The number of nitrogens with zero attached hydrogens (tertiary/aromatic N) is 1. The van der Waals surface area contributed by atoms with E-state index < -0.39 is 5.91 Å². The molecule has 0 aliphatic carbocycles. The monoisotopic (exact) mass is 370 g/mol. The van der Waals surface area contributed by atoms with E-state index in [1.54, 1.807) is 24.3 Å². The molecule has 0 saturated heterocycles. The van der Waals surface area contributed by atoms with E-state index in [9.17, 15) is 15.2 Å². The minimum atomic E-state index is -0.517. The van der Waals surface area contributed by atoms with Gasteiger partial charge in [-0.25, -0.2) is 0 Å². The SMILES string of the molecule is CCc1ccc(NC(=O)C(C#N)=Cc2cc(Br)ccc2O)cc1. The van der Waals surface area contributed by atoms with Gasteiger partial charge in [-0.1, -0.05) is 35.0 Å². The van der Waals surface area contributed by atoms with Gasteiger partial charge in [0.2, 0.25) is 0 Å². The number of rotatable bonds is 4. The van der Waals surface area contributed by atoms with E-state index in [0.29, 0.717) is 11.3 Å². The minimum absolute atomic E-state index is 0.000971. The number of aryl methyl sites for hydroxylation is 1. The van der Waals surface area contributed by atoms with Crippen molar-refractivity contribution in [3.8, 4) is 11.8 Å². The topological polar surface area (TPSA) is 73.1 Å². The number of hydrogen-bond donors (Lipinski definition) is 2. The van der Waals surface area contributed by atoms with Crippen molar-refractivity contribution in [3.05, 3.63) is 63.6 Å². The Kier molecular flexibility index (Phi) is 5.56. The number of phenolic OH excluding ortho intramolecular Hbond substituents is 1. The maximum atomic E-state index is 12.2. The molecule has 5 heteroatoms. The van der Waals surface area contributed by atoms with Crippen LogP contribution in [0.3, 0.4) is 0 Å². The second-order valence-electron chi connectivity index (χ2n) is 4.88. The molecule has 0 aliphatic heterocycles. The van der Waals surface area contributed by atoms with Crippen LogP contribution in [0, 0.1) is 11.3 Å². The molecule has 0 bridgehead atoms. The Morgan fingerprint density at radius 2 is 2.00 bits per heavy atom. The third kappa shape index (κ3) is 4.44. The van der Waals surface area contributed by atoms with E-state index in [2.05, 4.69) is 28.2 Å². The van der Waals surface area contributed by atoms with Crippen molar-refractivity contribution >= 4 is 33.6 Å². The van der Waals surface area contributed by atoms with E-state index in [1.807, 2.05) is 18.2 Å². The van der Waals surface area contributed by atoms with Crippen molar-refractivity contribution in [3.63, 3.8) is 0 Å². The van der Waals surface area contributed by atoms with Crippen LogP contribution >= 0.6 is 15.9 Å². The van der Waals surface area contributed by atoms with Crippen LogP contribution in [0.1, 0.15) is 18.1 Å². The molecule has 116 valence electrons. The lowest BCUT2D eigenvalue weighted by molar-refractivity contribution is -0.112. The molecule has 0 fully saturated rings. The van der Waals surface area contributed by atoms with Gasteiger partial charge in [0.05, 0.1) is 0 Å². The molecule has 0 unspecified atom stereocenters. The molecular weight excluding hydrogens is 356 g/mol. The Hall–Kier alpha value is -2.58. The van der Waals surface area contributed by atoms with E-state index in [-0.39, 0.29) is 11.3 Å². The smallest absolute Gasteiger partial charge is 0.266 e. The molecule has 23 heavy (non-hydrogen) atoms. The third-order valence-electron chi connectivity index (χ3n) is 3.27. The summed E-state index contributed by atoms with van der Waals surface area (Å²) in [6.45, 7) is 2.05. The lowest BCUT2D eigenvalue weighted by atomic mass is 10.1. The summed E-state index contributed by atoms with van der Waals surface area (Å²) < 4.78 is 0.745. The van der Waals surface area contributed by atoms with Gasteiger partial charge in [-0.05, 0) is 48.4 Å². The van der Waals surface area contributed by atoms with Crippen molar-refractivity contribution in [2.24, 2.45) is 0 Å². The molecule has 0 aromatic heterocycles. The number of nitriles is 1. The van der Waals surface area contributed by atoms with Crippen LogP contribution in [0.4, 0.5) is 5.69 Å². The number of halogens is 1. The molecule has 0 heterocycles. The Balaban J connectivity index is 2.22. The molecule has 0 aliphatic rings. The zero-order valence-corrected chi connectivity index (χ0v) is 14.1. The summed E-state index contributed by atoms with van der Waals surface area (Å²) in [6, 6.07) is 14.1. The second kappa shape index (κ2) is 7.61. The number of carbonyl (C=O) groups excluding carboxylic acids is 1. The van der Waals surface area contributed by atoms with E-state index >= 15 is 0 Å². The highest BCUT2D eigenvalue weighted by Crippen LogP contribution is 2.24. The number of anilines is 1. The fourth-order valence-electron chi connectivity index (χ4n) is 1.97. The number of hydrogen-bond acceptors (Lipinski definition) is 3. The number of amides is 1. The van der Waals surface area contributed by atoms with Crippen molar-refractivity contribution in [1.82, 2.24) is 0 Å². The molecular formula is C18H15BrN2O2. The minimum Gasteiger partial charge on any atom is -0.507 e. The molecule has 2 aromatic carbocycles. The summed E-state index contributed by atoms with van der Waals surface area (Å²) >= 11 is 3.29. The Morgan fingerprint density at radius 1 is 1.30 bits per heavy atom. The number of aromatic hydroxyl groups is 1. The second-order valence-corrected chi connectivity index (χ2v) is 5.79. The molecule has 2 rings (SSSR count). The first-order chi connectivity index (χ1) is 11.0. The van der Waals surface area contributed by atoms with Crippen LogP contribution in [0.2, 0.25) is 0 Å². The summed E-state index contributed by atoms with van der Waals surface area (Å²) in [5, 5.41) is 21.7. The van der Waals surface area contributed by atoms with Crippen molar-refractivity contribution in [2.75, 3.05) is 5.32 Å². The number of nitrogens with one attached hydrogen (secondary N) is 1. The maximum absolute atomic E-state index is 12.2. The highest BCUT2D eigenvalue weighted by atomic mass is 79.9. The van der Waals surface area contributed by atoms with Gasteiger partial charge in [0.25, 0.3) is 5.91 Å². The van der Waals surface area contributed by atoms with Crippen LogP contribution in [0.15, 0.2) is 52.5 Å². The molecule has 1 amide bonds. The van der Waals surface area contributed by atoms with Gasteiger partial charge in [-0.15, -0.1) is 0 Å². The van der Waals surface area contributed by atoms with E-state index in [0.717, 1.165) is 16.5 Å². The Bertz CT molecular complexity index is 790. The summed E-state index contributed by atoms with van der Waals surface area (Å²) in [6.07, 6.45) is 2.27. The normalized spacial score (nSPS) is 10.9. The first-order valence-electron chi connectivity index (χ1n) is 7.04. The van der Waals surface area contributed by atoms with Gasteiger partial charge in [0, 0.05) is 15.7 Å². The summed E-state index contributed by atoms with van der Waals surface area (Å²) in [5.74, 6) is -0.517. The third-order valence-corrected chi connectivity index (χ3v) is 3.77. The number of phenols is 1. The lowest BCUT2D eigenvalue weighted by Gasteiger charge is -2.06. The standard InChI is InChI=1S/C18H15BrN2O2/c1-2-12-3-6-16(7-4-12)21-18(23)14(11-20)9-13-10-15(19)5-8-17(13)22/h3-10,22H,2H2,1H3,(H,21,23). The van der Waals surface area contributed by atoms with Gasteiger partial charge in [-0.3, -0.25) is 4.79 Å². The van der Waals surface area contributed by atoms with Gasteiger partial charge in [-0.2, -0.15) is 5.26 Å². The fourth-order valence-corrected chi connectivity index (χ4v) is 2.35. The first kappa shape index (κ1) is 16.8. The predicted molar refractivity (Wildman–Crippen MR) is 93.8 cm³/mol. The van der Waals surface area contributed by atoms with Crippen LogP contribution < -0.4 is 5.32 Å². The highest BCUT2D eigenvalue weighted by molar-refractivity contribution is 9.10. The average molecular weight is 371 g/mol. The quantitative estimate of drug-likeness (QED) is 0.623. The Morgan fingerprint density at radius 3 is 2.61 bits per heavy atom. The molecule has 0 atom stereocenters. The van der Waals surface area contributed by atoms with E-state index in [4.69, 9.17) is 0 Å². The van der Waals surface area contributed by atoms with Crippen LogP contribution in [-0.4, -0.2) is 11.0 Å². The molecule has 2 aromatic rings. The number of carbonyl (C=O) groups is 1. The van der Waals surface area contributed by atoms with Gasteiger partial charge >= 0.3 is 0 Å². The summed E-state index contributed by atoms with van der Waals surface area (Å²) in [4.78, 5) is 12.2. The predicted octanol–water partition coefficient (Wildman–Crippen LogP) is 4.26. The summed E-state index contributed by atoms with van der Waals surface area (Å²) in [7, 11) is 0. The van der Waals surface area contributed by atoms with Crippen molar-refractivity contribution in [1.29, 1.82) is 5.26 Å². The molecule has 2 N–H and O–H groups in total. The molecule has 4 nitrogen and oxygen atoms in total. The van der Waals surface area contributed by atoms with Crippen LogP contribution in [0.5, 0.6) is 5.75 Å². The van der Waals surface area contributed by atoms with Crippen LogP contribution in [0.25, 0.3) is 6.08 Å². The lowest BCUT2D eigenvalue weighted by Crippen LogP contribution is -2.13.